The van der Waals surface area contributed by atoms with E-state index >= 15 is 0 Å². The lowest BCUT2D eigenvalue weighted by atomic mass is 10.1. The Balaban J connectivity index is 1.77. The van der Waals surface area contributed by atoms with Crippen molar-refractivity contribution in [2.75, 3.05) is 6.54 Å². The second-order valence-corrected chi connectivity index (χ2v) is 6.90. The van der Waals surface area contributed by atoms with Crippen LogP contribution in [0.15, 0.2) is 34.9 Å². The average molecular weight is 429 g/mol. The lowest BCUT2D eigenvalue weighted by Gasteiger charge is -2.16. The molecular weight excluding hydrogens is 413 g/mol. The number of halogens is 4. The molecule has 6 nitrogen and oxygen atoms in total. The van der Waals surface area contributed by atoms with Crippen molar-refractivity contribution in [3.8, 4) is 11.3 Å². The number of carbonyl (C=O) groups excluding carboxylic acids is 1. The number of aryl methyl sites for hydroxylation is 1. The van der Waals surface area contributed by atoms with Gasteiger partial charge in [-0.25, -0.2) is 8.78 Å². The maximum atomic E-state index is 13.4. The van der Waals surface area contributed by atoms with E-state index in [1.165, 1.54) is 29.1 Å². The first-order chi connectivity index (χ1) is 13.3. The second kappa shape index (κ2) is 8.30. The summed E-state index contributed by atoms with van der Waals surface area (Å²) in [4.78, 5) is 12.5. The highest BCUT2D eigenvalue weighted by molar-refractivity contribution is 6.35. The van der Waals surface area contributed by atoms with Crippen molar-refractivity contribution >= 4 is 29.1 Å². The molecule has 3 N–H and O–H groups in total. The SMILES string of the molecule is Cn1ncc(Cl)c1-c1cc(C(=O)N[C@H](CN)Cc2cc(F)cc(F)c2)oc1Cl. The minimum Gasteiger partial charge on any atom is -0.439 e. The molecule has 1 aromatic carbocycles. The molecule has 0 radical (unpaired) electrons. The van der Waals surface area contributed by atoms with Gasteiger partial charge < -0.3 is 15.5 Å². The van der Waals surface area contributed by atoms with Gasteiger partial charge in [0.15, 0.2) is 5.76 Å². The monoisotopic (exact) mass is 428 g/mol. The number of furan rings is 1. The minimum atomic E-state index is -0.701. The Labute approximate surface area is 169 Å². The highest BCUT2D eigenvalue weighted by Crippen LogP contribution is 2.35. The molecule has 0 bridgehead atoms. The highest BCUT2D eigenvalue weighted by atomic mass is 35.5. The lowest BCUT2D eigenvalue weighted by molar-refractivity contribution is 0.0910. The molecule has 148 valence electrons. The molecule has 2 heterocycles. The summed E-state index contributed by atoms with van der Waals surface area (Å²) in [5.41, 5.74) is 6.97. The van der Waals surface area contributed by atoms with Gasteiger partial charge in [0.25, 0.3) is 5.91 Å². The van der Waals surface area contributed by atoms with Crippen molar-refractivity contribution in [3.63, 3.8) is 0 Å². The standard InChI is InChI=1S/C18H16Cl2F2N4O2/c1-26-16(14(19)8-24-26)13-6-15(28-17(13)20)18(27)25-12(7-23)4-9-2-10(21)5-11(22)3-9/h2-3,5-6,8,12H,4,7,23H2,1H3,(H,25,27)/t12-/m0/s1. The van der Waals surface area contributed by atoms with Crippen LogP contribution < -0.4 is 11.1 Å². The molecule has 0 aliphatic rings. The number of rotatable bonds is 6. The van der Waals surface area contributed by atoms with E-state index in [2.05, 4.69) is 10.4 Å². The van der Waals surface area contributed by atoms with E-state index in [9.17, 15) is 13.6 Å². The van der Waals surface area contributed by atoms with Crippen molar-refractivity contribution in [2.24, 2.45) is 12.8 Å². The zero-order chi connectivity index (χ0) is 20.4. The van der Waals surface area contributed by atoms with Crippen molar-refractivity contribution in [3.05, 3.63) is 63.7 Å². The number of amides is 1. The highest BCUT2D eigenvalue weighted by Gasteiger charge is 2.22. The number of aromatic nitrogens is 2. The van der Waals surface area contributed by atoms with E-state index in [-0.39, 0.29) is 23.9 Å². The van der Waals surface area contributed by atoms with E-state index in [0.717, 1.165) is 6.07 Å². The van der Waals surface area contributed by atoms with Crippen LogP contribution in [0.5, 0.6) is 0 Å². The molecule has 2 aromatic heterocycles. The molecule has 1 amide bonds. The van der Waals surface area contributed by atoms with Gasteiger partial charge in [0.2, 0.25) is 5.22 Å². The second-order valence-electron chi connectivity index (χ2n) is 6.15. The third kappa shape index (κ3) is 4.35. The summed E-state index contributed by atoms with van der Waals surface area (Å²) in [5.74, 6) is -2.03. The van der Waals surface area contributed by atoms with Gasteiger partial charge in [-0.2, -0.15) is 5.10 Å². The average Bonchev–Trinajstić information content (AvgIpc) is 3.15. The summed E-state index contributed by atoms with van der Waals surface area (Å²) in [6.07, 6.45) is 1.59. The Morgan fingerprint density at radius 2 is 1.96 bits per heavy atom. The van der Waals surface area contributed by atoms with E-state index in [0.29, 0.717) is 21.8 Å². The molecule has 0 saturated heterocycles. The van der Waals surface area contributed by atoms with Crippen LogP contribution in [0.1, 0.15) is 16.1 Å². The quantitative estimate of drug-likeness (QED) is 0.628. The summed E-state index contributed by atoms with van der Waals surface area (Å²) in [7, 11) is 1.67. The van der Waals surface area contributed by atoms with Crippen LogP contribution in [-0.4, -0.2) is 28.3 Å². The molecule has 3 aromatic rings. The van der Waals surface area contributed by atoms with Crippen LogP contribution in [0.3, 0.4) is 0 Å². The summed E-state index contributed by atoms with van der Waals surface area (Å²) < 4.78 is 33.5. The van der Waals surface area contributed by atoms with Gasteiger partial charge in [0.05, 0.1) is 22.5 Å². The number of benzene rings is 1. The van der Waals surface area contributed by atoms with E-state index < -0.39 is 23.6 Å². The summed E-state index contributed by atoms with van der Waals surface area (Å²) in [6.45, 7) is 0.0543. The first-order valence-electron chi connectivity index (χ1n) is 8.21. The molecule has 0 spiro atoms. The van der Waals surface area contributed by atoms with Crippen LogP contribution in [0.2, 0.25) is 10.2 Å². The molecule has 0 fully saturated rings. The smallest absolute Gasteiger partial charge is 0.287 e. The Hall–Kier alpha value is -2.42. The lowest BCUT2D eigenvalue weighted by Crippen LogP contribution is -2.41. The summed E-state index contributed by atoms with van der Waals surface area (Å²) >= 11 is 12.2. The predicted molar refractivity (Wildman–Crippen MR) is 101 cm³/mol. The van der Waals surface area contributed by atoms with E-state index in [1.807, 2.05) is 0 Å². The van der Waals surface area contributed by atoms with Crippen LogP contribution in [0, 0.1) is 11.6 Å². The Kier molecular flexibility index (Phi) is 6.02. The fraction of sp³-hybridized carbons (Fsp3) is 0.222. The van der Waals surface area contributed by atoms with Gasteiger partial charge in [-0.3, -0.25) is 9.48 Å². The van der Waals surface area contributed by atoms with Crippen molar-refractivity contribution in [1.29, 1.82) is 0 Å². The molecule has 0 saturated carbocycles. The molecule has 1 atom stereocenters. The number of nitrogens with zero attached hydrogens (tertiary/aromatic N) is 2. The van der Waals surface area contributed by atoms with E-state index in [4.69, 9.17) is 33.4 Å². The Morgan fingerprint density at radius 3 is 2.54 bits per heavy atom. The van der Waals surface area contributed by atoms with Crippen molar-refractivity contribution < 1.29 is 18.0 Å². The maximum Gasteiger partial charge on any atom is 0.287 e. The molecule has 0 aliphatic heterocycles. The van der Waals surface area contributed by atoms with Gasteiger partial charge in [0.1, 0.15) is 11.6 Å². The molecule has 3 rings (SSSR count). The fourth-order valence-corrected chi connectivity index (χ4v) is 3.31. The van der Waals surface area contributed by atoms with Crippen LogP contribution in [-0.2, 0) is 13.5 Å². The first kappa shape index (κ1) is 20.3. The number of carbonyl (C=O) groups is 1. The van der Waals surface area contributed by atoms with Crippen LogP contribution in [0.4, 0.5) is 8.78 Å². The first-order valence-corrected chi connectivity index (χ1v) is 8.97. The number of hydrogen-bond donors (Lipinski definition) is 2. The predicted octanol–water partition coefficient (Wildman–Crippen LogP) is 3.56. The largest absolute Gasteiger partial charge is 0.439 e. The maximum absolute atomic E-state index is 13.4. The topological polar surface area (TPSA) is 86.1 Å². The normalized spacial score (nSPS) is 12.2. The molecule has 0 aliphatic carbocycles. The van der Waals surface area contributed by atoms with Crippen LogP contribution in [0.25, 0.3) is 11.3 Å². The molecular formula is C18H16Cl2F2N4O2. The number of nitrogens with one attached hydrogen (secondary N) is 1. The summed E-state index contributed by atoms with van der Waals surface area (Å²) in [6, 6.07) is 4.01. The minimum absolute atomic E-state index is 0.0212. The van der Waals surface area contributed by atoms with Gasteiger partial charge in [-0.15, -0.1) is 0 Å². The Bertz CT molecular complexity index is 979. The molecule has 28 heavy (non-hydrogen) atoms. The van der Waals surface area contributed by atoms with Crippen molar-refractivity contribution in [1.82, 2.24) is 15.1 Å². The van der Waals surface area contributed by atoms with Crippen LogP contribution >= 0.6 is 23.2 Å². The number of nitrogens with two attached hydrogens (primary N) is 1. The van der Waals surface area contributed by atoms with Gasteiger partial charge in [-0.05, 0) is 35.7 Å². The number of hydrogen-bond acceptors (Lipinski definition) is 4. The van der Waals surface area contributed by atoms with Gasteiger partial charge >= 0.3 is 0 Å². The zero-order valence-corrected chi connectivity index (χ0v) is 16.2. The zero-order valence-electron chi connectivity index (χ0n) is 14.7. The third-order valence-corrected chi connectivity index (χ3v) is 4.64. The third-order valence-electron chi connectivity index (χ3n) is 4.08. The molecule has 0 unspecified atom stereocenters. The Morgan fingerprint density at radius 1 is 1.29 bits per heavy atom. The van der Waals surface area contributed by atoms with E-state index in [1.54, 1.807) is 7.05 Å². The molecule has 10 heteroatoms. The fourth-order valence-electron chi connectivity index (χ4n) is 2.82. The van der Waals surface area contributed by atoms with Gasteiger partial charge in [0, 0.05) is 31.8 Å². The van der Waals surface area contributed by atoms with Crippen molar-refractivity contribution in [2.45, 2.75) is 12.5 Å². The summed E-state index contributed by atoms with van der Waals surface area (Å²) in [5, 5.41) is 7.02. The van der Waals surface area contributed by atoms with Gasteiger partial charge in [-0.1, -0.05) is 11.6 Å².